The third kappa shape index (κ3) is 1.85. The van der Waals surface area contributed by atoms with Crippen LogP contribution in [0.25, 0.3) is 0 Å². The summed E-state index contributed by atoms with van der Waals surface area (Å²) >= 11 is 0. The van der Waals surface area contributed by atoms with E-state index in [4.69, 9.17) is 0 Å². The molecule has 1 amide bonds. The Bertz CT molecular complexity index is 448. The molecule has 1 aliphatic carbocycles. The van der Waals surface area contributed by atoms with Crippen molar-refractivity contribution in [3.63, 3.8) is 0 Å². The number of rotatable bonds is 2. The van der Waals surface area contributed by atoms with Crippen LogP contribution >= 0.6 is 0 Å². The van der Waals surface area contributed by atoms with Crippen LogP contribution in [0.15, 0.2) is 18.5 Å². The van der Waals surface area contributed by atoms with Crippen LogP contribution in [-0.4, -0.2) is 35.9 Å². The second kappa shape index (κ2) is 4.59. The predicted octanol–water partition coefficient (Wildman–Crippen LogP) is 2.00. The highest BCUT2D eigenvalue weighted by molar-refractivity contribution is 5.99. The largest absolute Gasteiger partial charge is 0.386 e. The molecule has 1 saturated carbocycles. The summed E-state index contributed by atoms with van der Waals surface area (Å²) in [7, 11) is 1.83. The highest BCUT2D eigenvalue weighted by atomic mass is 16.2. The second-order valence-corrected chi connectivity index (χ2v) is 5.33. The molecule has 0 radical (unpaired) electrons. The number of nitrogens with one attached hydrogen (secondary N) is 1. The predicted molar refractivity (Wildman–Crippen MR) is 70.5 cm³/mol. The fourth-order valence-electron chi connectivity index (χ4n) is 3.35. The lowest BCUT2D eigenvalue weighted by atomic mass is 10.0. The van der Waals surface area contributed by atoms with Crippen LogP contribution < -0.4 is 5.32 Å². The van der Waals surface area contributed by atoms with Crippen molar-refractivity contribution < 1.29 is 4.79 Å². The van der Waals surface area contributed by atoms with Gasteiger partial charge >= 0.3 is 0 Å². The molecule has 2 aliphatic rings. The highest BCUT2D eigenvalue weighted by Gasteiger charge is 2.38. The first-order valence-corrected chi connectivity index (χ1v) is 6.70. The van der Waals surface area contributed by atoms with Gasteiger partial charge in [0, 0.05) is 26.3 Å². The first-order chi connectivity index (χ1) is 8.79. The summed E-state index contributed by atoms with van der Waals surface area (Å²) in [5.74, 6) is 1.64. The number of anilines is 1. The summed E-state index contributed by atoms with van der Waals surface area (Å²) in [6.07, 6.45) is 7.33. The average molecular weight is 245 g/mol. The van der Waals surface area contributed by atoms with E-state index in [-0.39, 0.29) is 5.91 Å². The molecule has 1 N–H and O–H groups in total. The fourth-order valence-corrected chi connectivity index (χ4v) is 3.35. The maximum atomic E-state index is 12.5. The quantitative estimate of drug-likeness (QED) is 0.866. The molecule has 18 heavy (non-hydrogen) atoms. The number of likely N-dealkylation sites (tertiary alicyclic amines) is 1. The van der Waals surface area contributed by atoms with Crippen molar-refractivity contribution in [3.8, 4) is 0 Å². The van der Waals surface area contributed by atoms with Crippen LogP contribution in [-0.2, 0) is 0 Å². The molecule has 4 nitrogen and oxygen atoms in total. The molecule has 0 bridgehead atoms. The van der Waals surface area contributed by atoms with Crippen molar-refractivity contribution in [2.45, 2.75) is 19.3 Å². The lowest BCUT2D eigenvalue weighted by Gasteiger charge is -2.18. The summed E-state index contributed by atoms with van der Waals surface area (Å²) in [6.45, 7) is 1.88. The molecule has 1 aliphatic heterocycles. The Morgan fingerprint density at radius 2 is 2.11 bits per heavy atom. The second-order valence-electron chi connectivity index (χ2n) is 5.33. The third-order valence-corrected chi connectivity index (χ3v) is 4.33. The van der Waals surface area contributed by atoms with E-state index in [1.54, 1.807) is 12.4 Å². The number of nitrogens with zero attached hydrogens (tertiary/aromatic N) is 2. The van der Waals surface area contributed by atoms with Gasteiger partial charge in [0.15, 0.2) is 0 Å². The normalized spacial score (nSPS) is 26.2. The van der Waals surface area contributed by atoms with Gasteiger partial charge in [-0.25, -0.2) is 0 Å². The van der Waals surface area contributed by atoms with Gasteiger partial charge in [-0.3, -0.25) is 9.78 Å². The fraction of sp³-hybridized carbons (Fsp3) is 0.571. The molecule has 2 atom stereocenters. The SMILES string of the molecule is CNc1cnccc1C(=O)N1CC2CCCC2C1. The Balaban J connectivity index is 1.79. The van der Waals surface area contributed by atoms with Crippen molar-refractivity contribution in [3.05, 3.63) is 24.0 Å². The molecule has 96 valence electrons. The van der Waals surface area contributed by atoms with E-state index in [0.717, 1.165) is 36.2 Å². The molecular formula is C14H19N3O. The van der Waals surface area contributed by atoms with Gasteiger partial charge < -0.3 is 10.2 Å². The average Bonchev–Trinajstić information content (AvgIpc) is 2.98. The Hall–Kier alpha value is -1.58. The van der Waals surface area contributed by atoms with Crippen molar-refractivity contribution in [2.24, 2.45) is 11.8 Å². The monoisotopic (exact) mass is 245 g/mol. The molecular weight excluding hydrogens is 226 g/mol. The lowest BCUT2D eigenvalue weighted by molar-refractivity contribution is 0.0781. The van der Waals surface area contributed by atoms with Crippen molar-refractivity contribution in [2.75, 3.05) is 25.5 Å². The first-order valence-electron chi connectivity index (χ1n) is 6.70. The van der Waals surface area contributed by atoms with E-state index < -0.39 is 0 Å². The molecule has 4 heteroatoms. The minimum Gasteiger partial charge on any atom is -0.386 e. The van der Waals surface area contributed by atoms with Crippen molar-refractivity contribution in [1.82, 2.24) is 9.88 Å². The van der Waals surface area contributed by atoms with Gasteiger partial charge in [0.25, 0.3) is 5.91 Å². The minimum atomic E-state index is 0.149. The Morgan fingerprint density at radius 3 is 2.78 bits per heavy atom. The van der Waals surface area contributed by atoms with Gasteiger partial charge in [-0.1, -0.05) is 6.42 Å². The van der Waals surface area contributed by atoms with E-state index in [9.17, 15) is 4.79 Å². The van der Waals surface area contributed by atoms with Crippen LogP contribution in [0.1, 0.15) is 29.6 Å². The van der Waals surface area contributed by atoms with Crippen molar-refractivity contribution >= 4 is 11.6 Å². The molecule has 2 fully saturated rings. The number of aromatic nitrogens is 1. The van der Waals surface area contributed by atoms with E-state index in [1.165, 1.54) is 19.3 Å². The number of carbonyl (C=O) groups excluding carboxylic acids is 1. The molecule has 0 spiro atoms. The number of amides is 1. The third-order valence-electron chi connectivity index (χ3n) is 4.33. The minimum absolute atomic E-state index is 0.149. The van der Waals surface area contributed by atoms with Crippen LogP contribution in [0.5, 0.6) is 0 Å². The lowest BCUT2D eigenvalue weighted by Crippen LogP contribution is -2.30. The molecule has 2 heterocycles. The first kappa shape index (κ1) is 11.5. The van der Waals surface area contributed by atoms with E-state index in [1.807, 2.05) is 18.0 Å². The standard InChI is InChI=1S/C14H19N3O/c1-15-13-7-16-6-5-12(13)14(18)17-8-10-3-2-4-11(10)9-17/h5-7,10-11,15H,2-4,8-9H2,1H3. The Labute approximate surface area is 107 Å². The summed E-state index contributed by atoms with van der Waals surface area (Å²) in [6, 6.07) is 1.81. The smallest absolute Gasteiger partial charge is 0.256 e. The molecule has 1 aromatic heterocycles. The van der Waals surface area contributed by atoms with Gasteiger partial charge in [0.1, 0.15) is 0 Å². The van der Waals surface area contributed by atoms with Gasteiger partial charge in [0.05, 0.1) is 17.4 Å². The van der Waals surface area contributed by atoms with Crippen LogP contribution in [0.3, 0.4) is 0 Å². The van der Waals surface area contributed by atoms with Crippen LogP contribution in [0.2, 0.25) is 0 Å². The number of hydrogen-bond acceptors (Lipinski definition) is 3. The van der Waals surface area contributed by atoms with Crippen molar-refractivity contribution in [1.29, 1.82) is 0 Å². The topological polar surface area (TPSA) is 45.2 Å². The zero-order valence-electron chi connectivity index (χ0n) is 10.7. The summed E-state index contributed by atoms with van der Waals surface area (Å²) in [5.41, 5.74) is 1.56. The zero-order chi connectivity index (χ0) is 12.5. The number of carbonyl (C=O) groups is 1. The summed E-state index contributed by atoms with van der Waals surface area (Å²) in [4.78, 5) is 18.6. The number of hydrogen-bond donors (Lipinski definition) is 1. The highest BCUT2D eigenvalue weighted by Crippen LogP contribution is 2.38. The maximum Gasteiger partial charge on any atom is 0.256 e. The molecule has 0 aromatic carbocycles. The van der Waals surface area contributed by atoms with E-state index >= 15 is 0 Å². The van der Waals surface area contributed by atoms with Crippen LogP contribution in [0, 0.1) is 11.8 Å². The molecule has 1 aromatic rings. The zero-order valence-corrected chi connectivity index (χ0v) is 10.7. The molecule has 1 saturated heterocycles. The van der Waals surface area contributed by atoms with Gasteiger partial charge in [0.2, 0.25) is 0 Å². The summed E-state index contributed by atoms with van der Waals surface area (Å²) in [5, 5.41) is 3.04. The van der Waals surface area contributed by atoms with E-state index in [2.05, 4.69) is 10.3 Å². The summed E-state index contributed by atoms with van der Waals surface area (Å²) < 4.78 is 0. The van der Waals surface area contributed by atoms with Gasteiger partial charge in [-0.2, -0.15) is 0 Å². The van der Waals surface area contributed by atoms with Gasteiger partial charge in [-0.05, 0) is 30.7 Å². The van der Waals surface area contributed by atoms with Gasteiger partial charge in [-0.15, -0.1) is 0 Å². The molecule has 2 unspecified atom stereocenters. The van der Waals surface area contributed by atoms with E-state index in [0.29, 0.717) is 0 Å². The Morgan fingerprint density at radius 1 is 1.39 bits per heavy atom. The van der Waals surface area contributed by atoms with Crippen LogP contribution in [0.4, 0.5) is 5.69 Å². The maximum absolute atomic E-state index is 12.5. The molecule has 3 rings (SSSR count). The number of pyridine rings is 1. The Kier molecular flexibility index (Phi) is 2.94. The number of fused-ring (bicyclic) bond motifs is 1.